The molecule has 0 bridgehead atoms. The fraction of sp³-hybridized carbons (Fsp3) is 0.857. The Labute approximate surface area is 67.5 Å². The molecule has 1 unspecified atom stereocenters. The molecular formula is C7H17N3O. The van der Waals surface area contributed by atoms with Gasteiger partial charge in [-0.2, -0.15) is 0 Å². The van der Waals surface area contributed by atoms with Crippen molar-refractivity contribution in [3.8, 4) is 0 Å². The maximum absolute atomic E-state index is 8.19. The summed E-state index contributed by atoms with van der Waals surface area (Å²) in [4.78, 5) is 0. The largest absolute Gasteiger partial charge is 0.409 e. The molecule has 66 valence electrons. The van der Waals surface area contributed by atoms with E-state index in [2.05, 4.69) is 24.3 Å². The van der Waals surface area contributed by atoms with Crippen LogP contribution in [0, 0.1) is 0 Å². The average molecular weight is 159 g/mol. The first-order valence-electron chi connectivity index (χ1n) is 3.90. The first kappa shape index (κ1) is 10.2. The van der Waals surface area contributed by atoms with Gasteiger partial charge in [0, 0.05) is 19.0 Å². The zero-order valence-electron chi connectivity index (χ0n) is 7.17. The average Bonchev–Trinajstić information content (AvgIpc) is 2.04. The lowest BCUT2D eigenvalue weighted by molar-refractivity contribution is 0.316. The van der Waals surface area contributed by atoms with Crippen LogP contribution in [-0.2, 0) is 0 Å². The van der Waals surface area contributed by atoms with Gasteiger partial charge in [0.05, 0.1) is 0 Å². The van der Waals surface area contributed by atoms with Crippen molar-refractivity contribution < 1.29 is 5.21 Å². The van der Waals surface area contributed by atoms with Crippen molar-refractivity contribution in [2.45, 2.75) is 32.7 Å². The summed E-state index contributed by atoms with van der Waals surface area (Å²) >= 11 is 0. The van der Waals surface area contributed by atoms with Gasteiger partial charge in [0.2, 0.25) is 0 Å². The molecule has 0 heterocycles. The zero-order valence-corrected chi connectivity index (χ0v) is 7.17. The number of hydrogen-bond acceptors (Lipinski definition) is 3. The lowest BCUT2D eigenvalue weighted by Crippen LogP contribution is -2.29. The molecule has 0 aromatic carbocycles. The van der Waals surface area contributed by atoms with E-state index in [4.69, 9.17) is 10.9 Å². The molecule has 0 spiro atoms. The van der Waals surface area contributed by atoms with E-state index in [-0.39, 0.29) is 5.84 Å². The molecule has 0 rings (SSSR count). The van der Waals surface area contributed by atoms with Gasteiger partial charge in [-0.15, -0.1) is 0 Å². The molecule has 11 heavy (non-hydrogen) atoms. The van der Waals surface area contributed by atoms with Crippen molar-refractivity contribution in [3.63, 3.8) is 0 Å². The number of nitrogens with one attached hydrogen (secondary N) is 1. The van der Waals surface area contributed by atoms with E-state index in [0.29, 0.717) is 12.5 Å². The van der Waals surface area contributed by atoms with Gasteiger partial charge < -0.3 is 16.3 Å². The summed E-state index contributed by atoms with van der Waals surface area (Å²) in [5.41, 5.74) is 5.26. The minimum Gasteiger partial charge on any atom is -0.409 e. The predicted octanol–water partition coefficient (Wildman–Crippen LogP) is 0.511. The highest BCUT2D eigenvalue weighted by molar-refractivity contribution is 5.79. The van der Waals surface area contributed by atoms with Crippen LogP contribution >= 0.6 is 0 Å². The molecule has 4 nitrogen and oxygen atoms in total. The maximum atomic E-state index is 8.19. The Morgan fingerprint density at radius 3 is 2.82 bits per heavy atom. The van der Waals surface area contributed by atoms with E-state index in [9.17, 15) is 0 Å². The molecule has 0 aliphatic carbocycles. The van der Waals surface area contributed by atoms with Crippen LogP contribution in [0.25, 0.3) is 0 Å². The normalized spacial score (nSPS) is 14.9. The third-order valence-electron chi connectivity index (χ3n) is 1.61. The monoisotopic (exact) mass is 159 g/mol. The van der Waals surface area contributed by atoms with E-state index < -0.39 is 0 Å². The van der Waals surface area contributed by atoms with E-state index in [1.807, 2.05) is 0 Å². The third kappa shape index (κ3) is 5.66. The van der Waals surface area contributed by atoms with Gasteiger partial charge in [-0.05, 0) is 13.3 Å². The maximum Gasteiger partial charge on any atom is 0.140 e. The number of nitrogens with zero attached hydrogens (tertiary/aromatic N) is 1. The van der Waals surface area contributed by atoms with Crippen molar-refractivity contribution >= 4 is 5.84 Å². The van der Waals surface area contributed by atoms with Gasteiger partial charge >= 0.3 is 0 Å². The molecule has 0 amide bonds. The summed E-state index contributed by atoms with van der Waals surface area (Å²) < 4.78 is 0. The first-order valence-corrected chi connectivity index (χ1v) is 3.90. The fourth-order valence-electron chi connectivity index (χ4n) is 0.641. The number of amidine groups is 1. The van der Waals surface area contributed by atoms with Gasteiger partial charge in [-0.1, -0.05) is 12.1 Å². The highest BCUT2D eigenvalue weighted by Crippen LogP contribution is 1.87. The quantitative estimate of drug-likeness (QED) is 0.237. The van der Waals surface area contributed by atoms with Crippen molar-refractivity contribution in [2.24, 2.45) is 10.9 Å². The minimum atomic E-state index is 0.279. The van der Waals surface area contributed by atoms with Crippen molar-refractivity contribution in [1.29, 1.82) is 0 Å². The molecule has 0 aliphatic rings. The summed E-state index contributed by atoms with van der Waals surface area (Å²) in [5.74, 6) is 0.279. The number of rotatable bonds is 5. The molecule has 0 saturated heterocycles. The Morgan fingerprint density at radius 2 is 2.36 bits per heavy atom. The Morgan fingerprint density at radius 1 is 1.73 bits per heavy atom. The standard InChI is InChI=1S/C7H17N3O/c1-3-6(2)9-5-4-7(8)10-11/h6,9,11H,3-5H2,1-2H3,(H2,8,10). The molecule has 0 fully saturated rings. The van der Waals surface area contributed by atoms with E-state index in [0.717, 1.165) is 13.0 Å². The lowest BCUT2D eigenvalue weighted by atomic mass is 10.2. The molecule has 0 radical (unpaired) electrons. The van der Waals surface area contributed by atoms with Crippen LogP contribution in [-0.4, -0.2) is 23.6 Å². The fourth-order valence-corrected chi connectivity index (χ4v) is 0.641. The molecular weight excluding hydrogens is 142 g/mol. The summed E-state index contributed by atoms with van der Waals surface area (Å²) in [5, 5.41) is 14.3. The SMILES string of the molecule is CCC(C)NCC/C(N)=N\O. The smallest absolute Gasteiger partial charge is 0.140 e. The highest BCUT2D eigenvalue weighted by atomic mass is 16.4. The Bertz CT molecular complexity index is 125. The van der Waals surface area contributed by atoms with Crippen LogP contribution in [0.5, 0.6) is 0 Å². The molecule has 0 aliphatic heterocycles. The summed E-state index contributed by atoms with van der Waals surface area (Å²) in [7, 11) is 0. The number of oxime groups is 1. The lowest BCUT2D eigenvalue weighted by Gasteiger charge is -2.09. The molecule has 1 atom stereocenters. The predicted molar refractivity (Wildman–Crippen MR) is 45.8 cm³/mol. The first-order chi connectivity index (χ1) is 5.20. The second-order valence-corrected chi connectivity index (χ2v) is 2.60. The van der Waals surface area contributed by atoms with Crippen molar-refractivity contribution in [1.82, 2.24) is 5.32 Å². The van der Waals surface area contributed by atoms with Gasteiger partial charge in [-0.3, -0.25) is 0 Å². The Kier molecular flexibility index (Phi) is 5.56. The second-order valence-electron chi connectivity index (χ2n) is 2.60. The number of hydrogen-bond donors (Lipinski definition) is 3. The van der Waals surface area contributed by atoms with Crippen LogP contribution in [0.1, 0.15) is 26.7 Å². The Balaban J connectivity index is 3.27. The molecule has 0 aromatic rings. The van der Waals surface area contributed by atoms with Crippen LogP contribution < -0.4 is 11.1 Å². The minimum absolute atomic E-state index is 0.279. The molecule has 0 aromatic heterocycles. The summed E-state index contributed by atoms with van der Waals surface area (Å²) in [6.45, 7) is 4.98. The summed E-state index contributed by atoms with van der Waals surface area (Å²) in [6.07, 6.45) is 1.69. The van der Waals surface area contributed by atoms with Crippen LogP contribution in [0.3, 0.4) is 0 Å². The topological polar surface area (TPSA) is 70.6 Å². The third-order valence-corrected chi connectivity index (χ3v) is 1.61. The van der Waals surface area contributed by atoms with Crippen LogP contribution in [0.2, 0.25) is 0 Å². The van der Waals surface area contributed by atoms with Gasteiger partial charge in [0.15, 0.2) is 0 Å². The van der Waals surface area contributed by atoms with E-state index in [1.165, 1.54) is 0 Å². The summed E-state index contributed by atoms with van der Waals surface area (Å²) in [6, 6.07) is 0.501. The van der Waals surface area contributed by atoms with E-state index >= 15 is 0 Å². The van der Waals surface area contributed by atoms with Gasteiger partial charge in [0.25, 0.3) is 0 Å². The van der Waals surface area contributed by atoms with Gasteiger partial charge in [0.1, 0.15) is 5.84 Å². The molecule has 4 N–H and O–H groups in total. The van der Waals surface area contributed by atoms with Crippen molar-refractivity contribution in [2.75, 3.05) is 6.54 Å². The molecule has 0 saturated carbocycles. The number of nitrogens with two attached hydrogens (primary N) is 1. The van der Waals surface area contributed by atoms with Crippen molar-refractivity contribution in [3.05, 3.63) is 0 Å². The zero-order chi connectivity index (χ0) is 8.69. The molecule has 4 heteroatoms. The highest BCUT2D eigenvalue weighted by Gasteiger charge is 1.97. The van der Waals surface area contributed by atoms with E-state index in [1.54, 1.807) is 0 Å². The van der Waals surface area contributed by atoms with Gasteiger partial charge in [-0.25, -0.2) is 0 Å². The Hall–Kier alpha value is -0.770. The second kappa shape index (κ2) is 5.97. The van der Waals surface area contributed by atoms with Crippen LogP contribution in [0.15, 0.2) is 5.16 Å². The van der Waals surface area contributed by atoms with Crippen LogP contribution in [0.4, 0.5) is 0 Å².